The molecule has 0 radical (unpaired) electrons. The highest BCUT2D eigenvalue weighted by Gasteiger charge is 2.22. The predicted molar refractivity (Wildman–Crippen MR) is 118 cm³/mol. The second-order valence-corrected chi connectivity index (χ2v) is 7.98. The third-order valence-corrected chi connectivity index (χ3v) is 5.76. The van der Waals surface area contributed by atoms with E-state index in [0.717, 1.165) is 20.9 Å². The van der Waals surface area contributed by atoms with Crippen LogP contribution < -0.4 is 16.8 Å². The normalized spacial score (nSPS) is 11.9. The number of amides is 1. The van der Waals surface area contributed by atoms with E-state index in [0.29, 0.717) is 17.9 Å². The highest BCUT2D eigenvalue weighted by Crippen LogP contribution is 2.36. The van der Waals surface area contributed by atoms with E-state index in [-0.39, 0.29) is 24.4 Å². The van der Waals surface area contributed by atoms with Gasteiger partial charge in [0.05, 0.1) is 10.4 Å². The maximum absolute atomic E-state index is 12.4. The Labute approximate surface area is 186 Å². The van der Waals surface area contributed by atoms with Crippen LogP contribution in [0.25, 0.3) is 11.0 Å². The van der Waals surface area contributed by atoms with Crippen molar-refractivity contribution in [2.24, 2.45) is 0 Å². The number of hydrogen-bond donors (Lipinski definition) is 6. The number of nitrogens with zero attached hydrogens (tertiary/aromatic N) is 2. The summed E-state index contributed by atoms with van der Waals surface area (Å²) in [5.74, 6) is -2.65. The van der Waals surface area contributed by atoms with Crippen LogP contribution in [0.4, 0.5) is 11.8 Å². The molecule has 0 aliphatic heterocycles. The summed E-state index contributed by atoms with van der Waals surface area (Å²) in [6.45, 7) is 1.99. The number of nitrogens with one attached hydrogen (secondary N) is 2. The molecule has 0 unspecified atom stereocenters. The first kappa shape index (κ1) is 22.9. The van der Waals surface area contributed by atoms with Crippen molar-refractivity contribution < 1.29 is 24.6 Å². The molecule has 3 rings (SSSR count). The summed E-state index contributed by atoms with van der Waals surface area (Å²) in [5, 5.41) is 21.8. The van der Waals surface area contributed by atoms with Crippen molar-refractivity contribution in [1.29, 1.82) is 0 Å². The molecule has 0 fully saturated rings. The summed E-state index contributed by atoms with van der Waals surface area (Å²) in [4.78, 5) is 46.6. The third-order valence-electron chi connectivity index (χ3n) is 4.70. The van der Waals surface area contributed by atoms with Gasteiger partial charge in [0, 0.05) is 16.9 Å². The molecular weight excluding hydrogens is 436 g/mol. The maximum Gasteiger partial charge on any atom is 0.326 e. The summed E-state index contributed by atoms with van der Waals surface area (Å²) in [6, 6.07) is 5.29. The summed E-state index contributed by atoms with van der Waals surface area (Å²) in [5.41, 5.74) is 13.4. The van der Waals surface area contributed by atoms with Gasteiger partial charge in [-0.15, -0.1) is 0 Å². The number of aromatic nitrogens is 3. The average molecular weight is 459 g/mol. The molecule has 0 aliphatic rings. The lowest BCUT2D eigenvalue weighted by atomic mass is 10.1. The fourth-order valence-corrected chi connectivity index (χ4v) is 4.19. The molecule has 0 bridgehead atoms. The summed E-state index contributed by atoms with van der Waals surface area (Å²) >= 11 is 1.42. The van der Waals surface area contributed by atoms with Crippen LogP contribution in [-0.4, -0.2) is 49.1 Å². The number of benzene rings is 1. The number of carboxylic acid groups (broad SMARTS) is 2. The van der Waals surface area contributed by atoms with E-state index >= 15 is 0 Å². The first-order valence-corrected chi connectivity index (χ1v) is 10.5. The van der Waals surface area contributed by atoms with Crippen LogP contribution in [-0.2, 0) is 16.0 Å². The largest absolute Gasteiger partial charge is 0.481 e. The van der Waals surface area contributed by atoms with Gasteiger partial charge in [0.2, 0.25) is 5.95 Å². The number of aromatic amines is 1. The molecule has 1 atom stereocenters. The second kappa shape index (κ2) is 9.56. The highest BCUT2D eigenvalue weighted by molar-refractivity contribution is 7.99. The van der Waals surface area contributed by atoms with E-state index in [4.69, 9.17) is 16.6 Å². The van der Waals surface area contributed by atoms with E-state index in [9.17, 15) is 19.5 Å². The third kappa shape index (κ3) is 5.09. The van der Waals surface area contributed by atoms with Crippen LogP contribution >= 0.6 is 11.8 Å². The van der Waals surface area contributed by atoms with Gasteiger partial charge >= 0.3 is 11.9 Å². The molecule has 8 N–H and O–H groups in total. The van der Waals surface area contributed by atoms with Crippen LogP contribution in [0.15, 0.2) is 34.2 Å². The number of H-pyrrole nitrogens is 1. The van der Waals surface area contributed by atoms with Crippen molar-refractivity contribution in [2.75, 3.05) is 11.5 Å². The topological polar surface area (TPSA) is 197 Å². The van der Waals surface area contributed by atoms with Gasteiger partial charge in [0.25, 0.3) is 5.91 Å². The predicted octanol–water partition coefficient (Wildman–Crippen LogP) is 1.88. The van der Waals surface area contributed by atoms with Gasteiger partial charge in [-0.1, -0.05) is 18.7 Å². The Bertz CT molecular complexity index is 1180. The number of carbonyl (C=O) groups is 3. The molecule has 2 aromatic heterocycles. The number of fused-ring (bicyclic) bond motifs is 1. The number of aliphatic carboxylic acids is 2. The van der Waals surface area contributed by atoms with E-state index < -0.39 is 23.9 Å². The zero-order chi connectivity index (χ0) is 23.4. The van der Waals surface area contributed by atoms with Gasteiger partial charge in [-0.05, 0) is 42.7 Å². The molecule has 2 heterocycles. The van der Waals surface area contributed by atoms with Gasteiger partial charge in [-0.2, -0.15) is 9.97 Å². The van der Waals surface area contributed by atoms with Crippen molar-refractivity contribution in [3.63, 3.8) is 0 Å². The van der Waals surface area contributed by atoms with Crippen LogP contribution in [0.1, 0.15) is 35.7 Å². The molecule has 0 saturated heterocycles. The van der Waals surface area contributed by atoms with Gasteiger partial charge in [0.15, 0.2) is 0 Å². The number of anilines is 2. The number of hydrogen-bond acceptors (Lipinski definition) is 8. The second-order valence-electron chi connectivity index (χ2n) is 6.90. The standard InChI is InChI=1S/C20H22N6O5S/c1-2-11-14-15(21)24-20(22)26-16(14)25-18(11)32-10-5-3-9(4-6-10)17(29)23-12(19(30)31)7-8-13(27)28/h3-6,12H,2,7-8H2,1H3,(H,23,29)(H,27,28)(H,30,31)(H5,21,22,24,25,26)/t12-/m0/s1. The van der Waals surface area contributed by atoms with Crippen molar-refractivity contribution in [3.05, 3.63) is 35.4 Å². The number of carbonyl (C=O) groups excluding carboxylic acids is 1. The van der Waals surface area contributed by atoms with E-state index in [1.165, 1.54) is 11.8 Å². The van der Waals surface area contributed by atoms with Gasteiger partial charge < -0.3 is 32.0 Å². The highest BCUT2D eigenvalue weighted by atomic mass is 32.2. The smallest absolute Gasteiger partial charge is 0.326 e. The van der Waals surface area contributed by atoms with Crippen LogP contribution in [0.3, 0.4) is 0 Å². The first-order valence-electron chi connectivity index (χ1n) is 9.66. The van der Waals surface area contributed by atoms with E-state index in [2.05, 4.69) is 20.3 Å². The van der Waals surface area contributed by atoms with Gasteiger partial charge in [0.1, 0.15) is 17.5 Å². The molecule has 0 aliphatic carbocycles. The molecular formula is C20H22N6O5S. The Kier molecular flexibility index (Phi) is 6.83. The lowest BCUT2D eigenvalue weighted by Crippen LogP contribution is -2.41. The Morgan fingerprint density at radius 1 is 1.16 bits per heavy atom. The number of nitrogens with two attached hydrogens (primary N) is 2. The Morgan fingerprint density at radius 2 is 1.84 bits per heavy atom. The fraction of sp³-hybridized carbons (Fsp3) is 0.250. The molecule has 0 spiro atoms. The number of carboxylic acids is 2. The Morgan fingerprint density at radius 3 is 2.44 bits per heavy atom. The van der Waals surface area contributed by atoms with Crippen LogP contribution in [0.2, 0.25) is 0 Å². The number of aryl methyl sites for hydroxylation is 1. The molecule has 168 valence electrons. The summed E-state index contributed by atoms with van der Waals surface area (Å²) < 4.78 is 0. The average Bonchev–Trinajstić information content (AvgIpc) is 3.08. The monoisotopic (exact) mass is 458 g/mol. The van der Waals surface area contributed by atoms with E-state index in [1.807, 2.05) is 6.92 Å². The number of nitrogen functional groups attached to an aromatic ring is 2. The van der Waals surface area contributed by atoms with Crippen molar-refractivity contribution in [1.82, 2.24) is 20.3 Å². The SMILES string of the molecule is CCc1c(Sc2ccc(C(=O)N[C@@H](CCC(=O)O)C(=O)O)cc2)[nH]c2nc(N)nc(N)c12. The van der Waals surface area contributed by atoms with Gasteiger partial charge in [-0.25, -0.2) is 4.79 Å². The number of rotatable bonds is 9. The molecule has 1 aromatic carbocycles. The minimum Gasteiger partial charge on any atom is -0.481 e. The maximum atomic E-state index is 12.4. The molecule has 1 amide bonds. The Hall–Kier alpha value is -3.80. The summed E-state index contributed by atoms with van der Waals surface area (Å²) in [7, 11) is 0. The minimum atomic E-state index is -1.29. The van der Waals surface area contributed by atoms with Crippen LogP contribution in [0.5, 0.6) is 0 Å². The quantitative estimate of drug-likeness (QED) is 0.275. The van der Waals surface area contributed by atoms with Gasteiger partial charge in [-0.3, -0.25) is 9.59 Å². The molecule has 32 heavy (non-hydrogen) atoms. The minimum absolute atomic E-state index is 0.0776. The van der Waals surface area contributed by atoms with Crippen molar-refractivity contribution in [2.45, 2.75) is 42.1 Å². The molecule has 3 aromatic rings. The van der Waals surface area contributed by atoms with Crippen LogP contribution in [0, 0.1) is 0 Å². The van der Waals surface area contributed by atoms with Crippen molar-refractivity contribution >= 4 is 52.4 Å². The zero-order valence-electron chi connectivity index (χ0n) is 17.1. The van der Waals surface area contributed by atoms with Crippen molar-refractivity contribution in [3.8, 4) is 0 Å². The zero-order valence-corrected chi connectivity index (χ0v) is 17.9. The fourth-order valence-electron chi connectivity index (χ4n) is 3.16. The van der Waals surface area contributed by atoms with E-state index in [1.54, 1.807) is 24.3 Å². The molecule has 0 saturated carbocycles. The molecule has 11 nitrogen and oxygen atoms in total. The Balaban J connectivity index is 1.76. The lowest BCUT2D eigenvalue weighted by molar-refractivity contribution is -0.140. The summed E-state index contributed by atoms with van der Waals surface area (Å²) in [6.07, 6.45) is 0.117. The first-order chi connectivity index (χ1) is 15.2. The lowest BCUT2D eigenvalue weighted by Gasteiger charge is -2.13. The molecule has 12 heteroatoms.